The molecule has 0 spiro atoms. The van der Waals surface area contributed by atoms with Crippen molar-refractivity contribution in [3.63, 3.8) is 0 Å². The summed E-state index contributed by atoms with van der Waals surface area (Å²) in [4.78, 5) is 23.2. The Labute approximate surface area is 135 Å². The Kier molecular flexibility index (Phi) is 4.41. The van der Waals surface area contributed by atoms with Gasteiger partial charge >= 0.3 is 0 Å². The zero-order valence-electron chi connectivity index (χ0n) is 13.3. The highest BCUT2D eigenvalue weighted by molar-refractivity contribution is 5.96. The van der Waals surface area contributed by atoms with Gasteiger partial charge in [0.2, 0.25) is 5.88 Å². The summed E-state index contributed by atoms with van der Waals surface area (Å²) in [6.07, 6.45) is 5.32. The van der Waals surface area contributed by atoms with E-state index in [1.807, 2.05) is 24.1 Å². The number of hydrogen-bond acceptors (Lipinski definition) is 5. The van der Waals surface area contributed by atoms with E-state index >= 15 is 0 Å². The maximum Gasteiger partial charge on any atom is 0.259 e. The van der Waals surface area contributed by atoms with Gasteiger partial charge in [0.1, 0.15) is 11.4 Å². The van der Waals surface area contributed by atoms with Crippen molar-refractivity contribution >= 4 is 11.7 Å². The lowest BCUT2D eigenvalue weighted by molar-refractivity contribution is 0.0731. The summed E-state index contributed by atoms with van der Waals surface area (Å²) in [5, 5.41) is 3.04. The zero-order chi connectivity index (χ0) is 16.2. The SMILES string of the molecule is CNc1cc([C@H]2CCCN2C(=O)c2cccnc2OC)ccn1. The molecule has 23 heavy (non-hydrogen) atoms. The highest BCUT2D eigenvalue weighted by Gasteiger charge is 2.32. The van der Waals surface area contributed by atoms with E-state index in [2.05, 4.69) is 15.3 Å². The first kappa shape index (κ1) is 15.3. The second-order valence-corrected chi connectivity index (χ2v) is 5.44. The van der Waals surface area contributed by atoms with Crippen LogP contribution in [-0.4, -0.2) is 41.5 Å². The van der Waals surface area contributed by atoms with E-state index in [9.17, 15) is 4.79 Å². The lowest BCUT2D eigenvalue weighted by atomic mass is 10.1. The summed E-state index contributed by atoms with van der Waals surface area (Å²) in [6, 6.07) is 7.54. The van der Waals surface area contributed by atoms with Crippen LogP contribution in [0.1, 0.15) is 34.8 Å². The third-order valence-corrected chi connectivity index (χ3v) is 4.13. The van der Waals surface area contributed by atoms with Crippen molar-refractivity contribution in [1.29, 1.82) is 0 Å². The molecule has 1 N–H and O–H groups in total. The Morgan fingerprint density at radius 3 is 3.00 bits per heavy atom. The van der Waals surface area contributed by atoms with Crippen molar-refractivity contribution in [2.24, 2.45) is 0 Å². The number of carbonyl (C=O) groups is 1. The molecule has 1 aliphatic heterocycles. The van der Waals surface area contributed by atoms with Crippen molar-refractivity contribution in [3.8, 4) is 5.88 Å². The van der Waals surface area contributed by atoms with E-state index < -0.39 is 0 Å². The predicted molar refractivity (Wildman–Crippen MR) is 87.6 cm³/mol. The molecule has 0 saturated carbocycles. The van der Waals surface area contributed by atoms with Gasteiger partial charge in [-0.3, -0.25) is 4.79 Å². The van der Waals surface area contributed by atoms with E-state index in [4.69, 9.17) is 4.74 Å². The first-order valence-corrected chi connectivity index (χ1v) is 7.68. The van der Waals surface area contributed by atoms with Gasteiger partial charge in [0.05, 0.1) is 13.2 Å². The molecule has 1 aliphatic rings. The number of methoxy groups -OCH3 is 1. The molecule has 1 saturated heterocycles. The number of aromatic nitrogens is 2. The van der Waals surface area contributed by atoms with Gasteiger partial charge < -0.3 is 15.0 Å². The second-order valence-electron chi connectivity index (χ2n) is 5.44. The van der Waals surface area contributed by atoms with Gasteiger partial charge in [-0.2, -0.15) is 0 Å². The minimum atomic E-state index is -0.0414. The molecule has 6 nitrogen and oxygen atoms in total. The van der Waals surface area contributed by atoms with Crippen LogP contribution in [-0.2, 0) is 0 Å². The molecule has 0 aromatic carbocycles. The molecular formula is C17H20N4O2. The minimum absolute atomic E-state index is 0.0414. The molecule has 120 valence electrons. The first-order valence-electron chi connectivity index (χ1n) is 7.68. The van der Waals surface area contributed by atoms with Gasteiger partial charge in [0, 0.05) is 26.0 Å². The third-order valence-electron chi connectivity index (χ3n) is 4.13. The number of nitrogens with one attached hydrogen (secondary N) is 1. The summed E-state index contributed by atoms with van der Waals surface area (Å²) < 4.78 is 5.22. The molecule has 0 unspecified atom stereocenters. The van der Waals surface area contributed by atoms with Crippen molar-refractivity contribution in [2.45, 2.75) is 18.9 Å². The standard InChI is InChI=1S/C17H20N4O2/c1-18-15-11-12(7-9-19-15)14-6-4-10-21(14)17(22)13-5-3-8-20-16(13)23-2/h3,5,7-9,11,14H,4,6,10H2,1-2H3,(H,18,19)/t14-/m1/s1. The van der Waals surface area contributed by atoms with Crippen LogP contribution in [0.25, 0.3) is 0 Å². The third kappa shape index (κ3) is 2.97. The average Bonchev–Trinajstić information content (AvgIpc) is 3.10. The second kappa shape index (κ2) is 6.64. The van der Waals surface area contributed by atoms with E-state index in [-0.39, 0.29) is 11.9 Å². The van der Waals surface area contributed by atoms with Gasteiger partial charge in [-0.15, -0.1) is 0 Å². The monoisotopic (exact) mass is 312 g/mol. The fourth-order valence-corrected chi connectivity index (χ4v) is 3.02. The van der Waals surface area contributed by atoms with Crippen LogP contribution in [0, 0.1) is 0 Å². The highest BCUT2D eigenvalue weighted by atomic mass is 16.5. The highest BCUT2D eigenvalue weighted by Crippen LogP contribution is 2.34. The molecule has 6 heteroatoms. The summed E-state index contributed by atoms with van der Waals surface area (Å²) in [5.74, 6) is 1.13. The molecule has 0 bridgehead atoms. The van der Waals surface area contributed by atoms with Crippen molar-refractivity contribution < 1.29 is 9.53 Å². The van der Waals surface area contributed by atoms with E-state index in [1.54, 1.807) is 24.5 Å². The molecule has 2 aromatic heterocycles. The molecular weight excluding hydrogens is 292 g/mol. The Bertz CT molecular complexity index is 704. The van der Waals surface area contributed by atoms with Crippen LogP contribution >= 0.6 is 0 Å². The number of anilines is 1. The van der Waals surface area contributed by atoms with Crippen LogP contribution in [0.5, 0.6) is 5.88 Å². The van der Waals surface area contributed by atoms with Crippen LogP contribution in [0.3, 0.4) is 0 Å². The first-order chi connectivity index (χ1) is 11.2. The molecule has 2 aromatic rings. The number of carbonyl (C=O) groups excluding carboxylic acids is 1. The van der Waals surface area contributed by atoms with Crippen LogP contribution in [0.15, 0.2) is 36.7 Å². The minimum Gasteiger partial charge on any atom is -0.480 e. The number of amides is 1. The normalized spacial score (nSPS) is 17.1. The number of hydrogen-bond donors (Lipinski definition) is 1. The van der Waals surface area contributed by atoms with Gasteiger partial charge in [0.25, 0.3) is 5.91 Å². The van der Waals surface area contributed by atoms with Gasteiger partial charge in [-0.05, 0) is 42.7 Å². The topological polar surface area (TPSA) is 67.4 Å². The lowest BCUT2D eigenvalue weighted by Crippen LogP contribution is -2.31. The Balaban J connectivity index is 1.90. The Morgan fingerprint density at radius 2 is 2.22 bits per heavy atom. The fourth-order valence-electron chi connectivity index (χ4n) is 3.02. The molecule has 1 fully saturated rings. The molecule has 0 aliphatic carbocycles. The van der Waals surface area contributed by atoms with Gasteiger partial charge in [-0.1, -0.05) is 0 Å². The largest absolute Gasteiger partial charge is 0.480 e. The molecule has 1 atom stereocenters. The number of ether oxygens (including phenoxy) is 1. The Hall–Kier alpha value is -2.63. The molecule has 3 rings (SSSR count). The average molecular weight is 312 g/mol. The van der Waals surface area contributed by atoms with Gasteiger partial charge in [0.15, 0.2) is 0 Å². The Morgan fingerprint density at radius 1 is 1.35 bits per heavy atom. The van der Waals surface area contributed by atoms with E-state index in [1.165, 1.54) is 7.11 Å². The smallest absolute Gasteiger partial charge is 0.259 e. The van der Waals surface area contributed by atoms with Crippen LogP contribution < -0.4 is 10.1 Å². The summed E-state index contributed by atoms with van der Waals surface area (Å²) in [5.41, 5.74) is 1.60. The number of likely N-dealkylation sites (tertiary alicyclic amines) is 1. The number of pyridine rings is 2. The lowest BCUT2D eigenvalue weighted by Gasteiger charge is -2.25. The van der Waals surface area contributed by atoms with Gasteiger partial charge in [-0.25, -0.2) is 9.97 Å². The maximum atomic E-state index is 12.9. The van der Waals surface area contributed by atoms with Crippen molar-refractivity contribution in [2.75, 3.05) is 26.0 Å². The molecule has 1 amide bonds. The van der Waals surface area contributed by atoms with Crippen LogP contribution in [0.2, 0.25) is 0 Å². The fraction of sp³-hybridized carbons (Fsp3) is 0.353. The molecule has 0 radical (unpaired) electrons. The number of rotatable bonds is 4. The van der Waals surface area contributed by atoms with Crippen molar-refractivity contribution in [3.05, 3.63) is 47.8 Å². The van der Waals surface area contributed by atoms with Crippen LogP contribution in [0.4, 0.5) is 5.82 Å². The van der Waals surface area contributed by atoms with E-state index in [0.717, 1.165) is 30.8 Å². The predicted octanol–water partition coefficient (Wildman–Crippen LogP) is 2.50. The van der Waals surface area contributed by atoms with Crippen molar-refractivity contribution in [1.82, 2.24) is 14.9 Å². The summed E-state index contributed by atoms with van der Waals surface area (Å²) in [7, 11) is 3.37. The van der Waals surface area contributed by atoms with E-state index in [0.29, 0.717) is 11.4 Å². The molecule has 3 heterocycles. The maximum absolute atomic E-state index is 12.9. The summed E-state index contributed by atoms with van der Waals surface area (Å²) in [6.45, 7) is 0.735. The summed E-state index contributed by atoms with van der Waals surface area (Å²) >= 11 is 0. The number of nitrogens with zero attached hydrogens (tertiary/aromatic N) is 3. The quantitative estimate of drug-likeness (QED) is 0.939. The zero-order valence-corrected chi connectivity index (χ0v) is 13.3.